The summed E-state index contributed by atoms with van der Waals surface area (Å²) in [6.07, 6.45) is 1.55. The molecule has 7 nitrogen and oxygen atoms in total. The topological polar surface area (TPSA) is 108 Å². The van der Waals surface area contributed by atoms with Gasteiger partial charge in [-0.3, -0.25) is 4.79 Å². The highest BCUT2D eigenvalue weighted by Gasteiger charge is 2.22. The molecular weight excluding hydrogens is 302 g/mol. The molecule has 9 heteroatoms. The van der Waals surface area contributed by atoms with Crippen molar-refractivity contribution in [3.8, 4) is 0 Å². The fraction of sp³-hybridized carbons (Fsp3) is 0.636. The number of aromatic nitrogens is 1. The van der Waals surface area contributed by atoms with E-state index in [1.54, 1.807) is 19.2 Å². The monoisotopic (exact) mass is 321 g/mol. The largest absolute Gasteiger partial charge is 0.481 e. The average molecular weight is 321 g/mol. The highest BCUT2D eigenvalue weighted by atomic mass is 32.2. The number of carboxylic acid groups (broad SMARTS) is 1. The van der Waals surface area contributed by atoms with E-state index in [1.807, 2.05) is 0 Å². The molecule has 3 N–H and O–H groups in total. The minimum atomic E-state index is -3.27. The van der Waals surface area contributed by atoms with Crippen molar-refractivity contribution in [3.63, 3.8) is 0 Å². The van der Waals surface area contributed by atoms with Gasteiger partial charge in [-0.05, 0) is 13.8 Å². The maximum absolute atomic E-state index is 11.2. The molecule has 0 aromatic carbocycles. The summed E-state index contributed by atoms with van der Waals surface area (Å²) in [5.41, 5.74) is 0.0780. The molecule has 0 amide bonds. The van der Waals surface area contributed by atoms with E-state index in [1.165, 1.54) is 11.3 Å². The lowest BCUT2D eigenvalue weighted by Crippen LogP contribution is -2.47. The lowest BCUT2D eigenvalue weighted by atomic mass is 10.1. The maximum atomic E-state index is 11.2. The Balaban J connectivity index is 2.51. The Hall–Kier alpha value is -1.19. The highest BCUT2D eigenvalue weighted by Crippen LogP contribution is 2.17. The second-order valence-corrected chi connectivity index (χ2v) is 7.76. The molecule has 114 valence electrons. The van der Waals surface area contributed by atoms with E-state index in [0.717, 1.165) is 6.26 Å². The Labute approximate surface area is 122 Å². The summed E-state index contributed by atoms with van der Waals surface area (Å²) in [5, 5.41) is 14.1. The van der Waals surface area contributed by atoms with Gasteiger partial charge in [-0.25, -0.2) is 18.1 Å². The number of nitrogens with one attached hydrogen (secondary N) is 2. The van der Waals surface area contributed by atoms with Gasteiger partial charge >= 0.3 is 5.97 Å². The van der Waals surface area contributed by atoms with E-state index in [0.29, 0.717) is 23.8 Å². The molecule has 0 unspecified atom stereocenters. The van der Waals surface area contributed by atoms with Gasteiger partial charge < -0.3 is 10.4 Å². The summed E-state index contributed by atoms with van der Waals surface area (Å²) >= 11 is 1.37. The van der Waals surface area contributed by atoms with Crippen LogP contribution in [0.1, 0.15) is 26.0 Å². The van der Waals surface area contributed by atoms with Gasteiger partial charge in [0, 0.05) is 23.9 Å². The van der Waals surface area contributed by atoms with E-state index in [9.17, 15) is 13.2 Å². The standard InChI is InChI=1S/C11H19N3O4S2/c1-11(2,14-20(3,17)18)7-12-10-13-8(6-19-10)4-5-9(15)16/h6,14H,4-5,7H2,1-3H3,(H,12,13)(H,15,16). The molecule has 0 bridgehead atoms. The van der Waals surface area contributed by atoms with Crippen molar-refractivity contribution in [1.29, 1.82) is 0 Å². The number of anilines is 1. The van der Waals surface area contributed by atoms with Gasteiger partial charge in [0.1, 0.15) is 0 Å². The second-order valence-electron chi connectivity index (χ2n) is 5.15. The molecule has 0 atom stereocenters. The van der Waals surface area contributed by atoms with Crippen molar-refractivity contribution in [1.82, 2.24) is 9.71 Å². The first-order chi connectivity index (χ1) is 9.07. The third kappa shape index (κ3) is 6.83. The van der Waals surface area contributed by atoms with Gasteiger partial charge in [0.05, 0.1) is 18.4 Å². The molecular formula is C11H19N3O4S2. The molecule has 1 heterocycles. The van der Waals surface area contributed by atoms with E-state index < -0.39 is 21.5 Å². The zero-order valence-electron chi connectivity index (χ0n) is 11.6. The van der Waals surface area contributed by atoms with Crippen LogP contribution in [-0.2, 0) is 21.2 Å². The third-order valence-corrected chi connectivity index (χ3v) is 4.06. The number of aryl methyl sites for hydroxylation is 1. The molecule has 0 aliphatic rings. The van der Waals surface area contributed by atoms with Crippen LogP contribution in [0.3, 0.4) is 0 Å². The summed E-state index contributed by atoms with van der Waals surface area (Å²) in [6, 6.07) is 0. The van der Waals surface area contributed by atoms with Crippen LogP contribution in [0.25, 0.3) is 0 Å². The summed E-state index contributed by atoms with van der Waals surface area (Å²) < 4.78 is 24.9. The van der Waals surface area contributed by atoms with Crippen LogP contribution in [0, 0.1) is 0 Å². The highest BCUT2D eigenvalue weighted by molar-refractivity contribution is 7.88. The number of hydrogen-bond donors (Lipinski definition) is 3. The zero-order chi connectivity index (χ0) is 15.4. The Bertz CT molecular complexity index is 566. The van der Waals surface area contributed by atoms with Gasteiger partial charge in [0.2, 0.25) is 10.0 Å². The number of thiazole rings is 1. The van der Waals surface area contributed by atoms with Crippen LogP contribution < -0.4 is 10.0 Å². The number of carboxylic acids is 1. The molecule has 0 saturated heterocycles. The molecule has 0 spiro atoms. The van der Waals surface area contributed by atoms with E-state index >= 15 is 0 Å². The predicted molar refractivity (Wildman–Crippen MR) is 78.6 cm³/mol. The second kappa shape index (κ2) is 6.51. The molecule has 0 radical (unpaired) electrons. The van der Waals surface area contributed by atoms with Gasteiger partial charge in [-0.15, -0.1) is 11.3 Å². The van der Waals surface area contributed by atoms with Crippen LogP contribution >= 0.6 is 11.3 Å². The van der Waals surface area contributed by atoms with Crippen LogP contribution in [0.5, 0.6) is 0 Å². The van der Waals surface area contributed by atoms with Crippen LogP contribution in [0.2, 0.25) is 0 Å². The Morgan fingerprint density at radius 2 is 2.15 bits per heavy atom. The lowest BCUT2D eigenvalue weighted by molar-refractivity contribution is -0.136. The molecule has 20 heavy (non-hydrogen) atoms. The summed E-state index contributed by atoms with van der Waals surface area (Å²) in [6.45, 7) is 3.91. The Morgan fingerprint density at radius 3 is 2.70 bits per heavy atom. The minimum Gasteiger partial charge on any atom is -0.481 e. The summed E-state index contributed by atoms with van der Waals surface area (Å²) in [4.78, 5) is 14.7. The first kappa shape index (κ1) is 16.9. The SMILES string of the molecule is CC(C)(CNc1nc(CCC(=O)O)cs1)NS(C)(=O)=O. The van der Waals surface area contributed by atoms with E-state index in [4.69, 9.17) is 5.11 Å². The van der Waals surface area contributed by atoms with Crippen molar-refractivity contribution in [2.45, 2.75) is 32.2 Å². The number of sulfonamides is 1. The van der Waals surface area contributed by atoms with Crippen LogP contribution in [0.4, 0.5) is 5.13 Å². The van der Waals surface area contributed by atoms with Crippen LogP contribution in [0.15, 0.2) is 5.38 Å². The molecule has 1 aromatic rings. The van der Waals surface area contributed by atoms with Crippen molar-refractivity contribution in [3.05, 3.63) is 11.1 Å². The summed E-state index contributed by atoms with van der Waals surface area (Å²) in [5.74, 6) is -0.856. The van der Waals surface area contributed by atoms with Crippen molar-refractivity contribution >= 4 is 32.5 Å². The first-order valence-corrected chi connectivity index (χ1v) is 8.73. The lowest BCUT2D eigenvalue weighted by Gasteiger charge is -2.25. The maximum Gasteiger partial charge on any atom is 0.303 e. The molecule has 1 aromatic heterocycles. The van der Waals surface area contributed by atoms with Crippen molar-refractivity contribution in [2.75, 3.05) is 18.1 Å². The number of carbonyl (C=O) groups is 1. The first-order valence-electron chi connectivity index (χ1n) is 5.96. The van der Waals surface area contributed by atoms with Crippen molar-refractivity contribution in [2.24, 2.45) is 0 Å². The molecule has 1 rings (SSSR count). The third-order valence-electron chi connectivity index (χ3n) is 2.29. The fourth-order valence-corrected chi connectivity index (χ4v) is 3.39. The normalized spacial score (nSPS) is 12.3. The number of nitrogens with zero attached hydrogens (tertiary/aromatic N) is 1. The number of hydrogen-bond acceptors (Lipinski definition) is 6. The van der Waals surface area contributed by atoms with Crippen molar-refractivity contribution < 1.29 is 18.3 Å². The molecule has 0 saturated carbocycles. The van der Waals surface area contributed by atoms with E-state index in [2.05, 4.69) is 15.0 Å². The zero-order valence-corrected chi connectivity index (χ0v) is 13.3. The number of rotatable bonds is 8. The van der Waals surface area contributed by atoms with Gasteiger partial charge in [0.15, 0.2) is 5.13 Å². The van der Waals surface area contributed by atoms with E-state index in [-0.39, 0.29) is 6.42 Å². The van der Waals surface area contributed by atoms with Gasteiger partial charge in [0.25, 0.3) is 0 Å². The molecule has 0 fully saturated rings. The smallest absolute Gasteiger partial charge is 0.303 e. The van der Waals surface area contributed by atoms with Gasteiger partial charge in [-0.2, -0.15) is 0 Å². The fourth-order valence-electron chi connectivity index (χ4n) is 1.57. The number of aliphatic carboxylic acids is 1. The predicted octanol–water partition coefficient (Wildman–Crippen LogP) is 0.900. The average Bonchev–Trinajstić information content (AvgIpc) is 2.68. The Morgan fingerprint density at radius 1 is 1.50 bits per heavy atom. The molecule has 0 aliphatic heterocycles. The minimum absolute atomic E-state index is 0.0459. The van der Waals surface area contributed by atoms with Crippen LogP contribution in [-0.4, -0.2) is 42.8 Å². The quantitative estimate of drug-likeness (QED) is 0.656. The van der Waals surface area contributed by atoms with Gasteiger partial charge in [-0.1, -0.05) is 0 Å². The Kier molecular flexibility index (Phi) is 5.49. The molecule has 0 aliphatic carbocycles. The summed E-state index contributed by atoms with van der Waals surface area (Å²) in [7, 11) is -3.27.